The van der Waals surface area contributed by atoms with Crippen molar-refractivity contribution in [2.24, 2.45) is 7.05 Å². The number of ether oxygens (including phenoxy) is 1. The van der Waals surface area contributed by atoms with Crippen molar-refractivity contribution >= 4 is 0 Å². The van der Waals surface area contributed by atoms with Crippen LogP contribution in [0.15, 0.2) is 18.3 Å². The summed E-state index contributed by atoms with van der Waals surface area (Å²) in [4.78, 5) is 6.69. The van der Waals surface area contributed by atoms with Gasteiger partial charge in [0.2, 0.25) is 5.88 Å². The number of aliphatic hydroxyl groups is 1. The van der Waals surface area contributed by atoms with E-state index in [4.69, 9.17) is 4.74 Å². The first-order valence-corrected chi connectivity index (χ1v) is 7.91. The maximum Gasteiger partial charge on any atom is 0.212 e. The predicted octanol–water partition coefficient (Wildman–Crippen LogP) is 1.09. The van der Waals surface area contributed by atoms with E-state index in [9.17, 15) is 5.11 Å². The van der Waals surface area contributed by atoms with Gasteiger partial charge >= 0.3 is 0 Å². The van der Waals surface area contributed by atoms with Gasteiger partial charge in [0.05, 0.1) is 7.11 Å². The van der Waals surface area contributed by atoms with E-state index in [1.165, 1.54) is 5.56 Å². The van der Waals surface area contributed by atoms with Crippen LogP contribution in [0.5, 0.6) is 5.88 Å². The Labute approximate surface area is 135 Å². The van der Waals surface area contributed by atoms with Gasteiger partial charge in [-0.25, -0.2) is 4.98 Å². The van der Waals surface area contributed by atoms with Crippen molar-refractivity contribution < 1.29 is 9.84 Å². The molecule has 1 aliphatic heterocycles. The molecule has 0 unspecified atom stereocenters. The minimum atomic E-state index is -0.0720. The van der Waals surface area contributed by atoms with Crippen LogP contribution in [0, 0.1) is 0 Å². The Morgan fingerprint density at radius 1 is 1.35 bits per heavy atom. The number of aliphatic hydroxyl groups excluding tert-OH is 1. The third-order valence-electron chi connectivity index (χ3n) is 4.42. The van der Waals surface area contributed by atoms with Crippen LogP contribution in [-0.4, -0.2) is 50.0 Å². The lowest BCUT2D eigenvalue weighted by Gasteiger charge is -2.32. The number of hydrogen-bond donors (Lipinski definition) is 1. The summed E-state index contributed by atoms with van der Waals surface area (Å²) < 4.78 is 7.02. The van der Waals surface area contributed by atoms with Crippen molar-refractivity contribution in [3.8, 4) is 5.88 Å². The fraction of sp³-hybridized carbons (Fsp3) is 0.562. The van der Waals surface area contributed by atoms with Crippen LogP contribution >= 0.6 is 0 Å². The highest BCUT2D eigenvalue weighted by Crippen LogP contribution is 2.26. The smallest absolute Gasteiger partial charge is 0.212 e. The van der Waals surface area contributed by atoms with Crippen LogP contribution in [0.2, 0.25) is 0 Å². The second-order valence-corrected chi connectivity index (χ2v) is 5.97. The van der Waals surface area contributed by atoms with Gasteiger partial charge in [0, 0.05) is 38.3 Å². The highest BCUT2D eigenvalue weighted by molar-refractivity contribution is 5.18. The zero-order valence-corrected chi connectivity index (χ0v) is 13.6. The predicted molar refractivity (Wildman–Crippen MR) is 85.0 cm³/mol. The molecule has 7 heteroatoms. The molecule has 1 fully saturated rings. The second kappa shape index (κ2) is 7.06. The molecule has 3 rings (SSSR count). The molecule has 2 aromatic heterocycles. The van der Waals surface area contributed by atoms with E-state index >= 15 is 0 Å². The quantitative estimate of drug-likeness (QED) is 0.889. The molecular formula is C16H23N5O2. The molecule has 0 aromatic carbocycles. The van der Waals surface area contributed by atoms with Gasteiger partial charge < -0.3 is 14.4 Å². The first-order chi connectivity index (χ1) is 11.2. The molecule has 1 atom stereocenters. The molecule has 7 nitrogen and oxygen atoms in total. The number of nitrogens with zero attached hydrogens (tertiary/aromatic N) is 5. The van der Waals surface area contributed by atoms with Crippen molar-refractivity contribution in [1.29, 1.82) is 0 Å². The fourth-order valence-corrected chi connectivity index (χ4v) is 3.16. The summed E-state index contributed by atoms with van der Waals surface area (Å²) in [5.41, 5.74) is 1.18. The van der Waals surface area contributed by atoms with E-state index in [1.807, 2.05) is 23.9 Å². The molecule has 0 radical (unpaired) electrons. The SMILES string of the molecule is COc1ccc(CN2CCC[C@H](c3nnc(CO)n3C)C2)cn1. The molecule has 0 bridgehead atoms. The van der Waals surface area contributed by atoms with E-state index in [1.54, 1.807) is 7.11 Å². The van der Waals surface area contributed by atoms with Crippen LogP contribution < -0.4 is 4.74 Å². The molecule has 0 spiro atoms. The molecular weight excluding hydrogens is 294 g/mol. The van der Waals surface area contributed by atoms with Crippen LogP contribution in [0.4, 0.5) is 0 Å². The van der Waals surface area contributed by atoms with Crippen LogP contribution in [0.25, 0.3) is 0 Å². The monoisotopic (exact) mass is 317 g/mol. The summed E-state index contributed by atoms with van der Waals surface area (Å²) in [6.45, 7) is 2.83. The van der Waals surface area contributed by atoms with Crippen molar-refractivity contribution in [1.82, 2.24) is 24.6 Å². The number of hydrogen-bond acceptors (Lipinski definition) is 6. The Kier molecular flexibility index (Phi) is 4.88. The molecule has 1 saturated heterocycles. The summed E-state index contributed by atoms with van der Waals surface area (Å²) in [6.07, 6.45) is 4.11. The van der Waals surface area contributed by atoms with Crippen LogP contribution in [0.1, 0.15) is 36.0 Å². The van der Waals surface area contributed by atoms with E-state index in [-0.39, 0.29) is 6.61 Å². The summed E-state index contributed by atoms with van der Waals surface area (Å²) in [7, 11) is 3.55. The highest BCUT2D eigenvalue weighted by atomic mass is 16.5. The third-order valence-corrected chi connectivity index (χ3v) is 4.42. The van der Waals surface area contributed by atoms with Gasteiger partial charge in [-0.1, -0.05) is 6.07 Å². The molecule has 0 saturated carbocycles. The van der Waals surface area contributed by atoms with Crippen LogP contribution in [0.3, 0.4) is 0 Å². The van der Waals surface area contributed by atoms with Gasteiger partial charge in [-0.2, -0.15) is 0 Å². The number of pyridine rings is 1. The zero-order chi connectivity index (χ0) is 16.2. The Hall–Kier alpha value is -1.99. The Morgan fingerprint density at radius 2 is 2.22 bits per heavy atom. The van der Waals surface area contributed by atoms with Gasteiger partial charge in [0.25, 0.3) is 0 Å². The molecule has 124 valence electrons. The number of likely N-dealkylation sites (tertiary alicyclic amines) is 1. The van der Waals surface area contributed by atoms with Gasteiger partial charge in [0.1, 0.15) is 12.4 Å². The lowest BCUT2D eigenvalue weighted by molar-refractivity contribution is 0.194. The Bertz CT molecular complexity index is 640. The normalized spacial score (nSPS) is 19.0. The summed E-state index contributed by atoms with van der Waals surface area (Å²) in [5, 5.41) is 17.6. The summed E-state index contributed by atoms with van der Waals surface area (Å²) in [5.74, 6) is 2.58. The minimum absolute atomic E-state index is 0.0720. The minimum Gasteiger partial charge on any atom is -0.481 e. The number of piperidine rings is 1. The van der Waals surface area contributed by atoms with Crippen molar-refractivity contribution in [3.05, 3.63) is 35.5 Å². The molecule has 23 heavy (non-hydrogen) atoms. The molecule has 3 heterocycles. The van der Waals surface area contributed by atoms with E-state index in [0.717, 1.165) is 38.3 Å². The lowest BCUT2D eigenvalue weighted by Crippen LogP contribution is -2.34. The molecule has 1 N–H and O–H groups in total. The summed E-state index contributed by atoms with van der Waals surface area (Å²) in [6, 6.07) is 3.95. The number of methoxy groups -OCH3 is 1. The zero-order valence-electron chi connectivity index (χ0n) is 13.6. The van der Waals surface area contributed by atoms with E-state index in [2.05, 4.69) is 26.1 Å². The maximum atomic E-state index is 9.27. The summed E-state index contributed by atoms with van der Waals surface area (Å²) >= 11 is 0. The van der Waals surface area contributed by atoms with Gasteiger partial charge in [-0.15, -0.1) is 10.2 Å². The molecule has 1 aliphatic rings. The van der Waals surface area contributed by atoms with Crippen molar-refractivity contribution in [3.63, 3.8) is 0 Å². The second-order valence-electron chi connectivity index (χ2n) is 5.97. The largest absolute Gasteiger partial charge is 0.481 e. The average Bonchev–Trinajstić information content (AvgIpc) is 2.96. The van der Waals surface area contributed by atoms with Crippen LogP contribution in [-0.2, 0) is 20.2 Å². The topological polar surface area (TPSA) is 76.3 Å². The van der Waals surface area contributed by atoms with Gasteiger partial charge in [-0.05, 0) is 24.9 Å². The number of aromatic nitrogens is 4. The Morgan fingerprint density at radius 3 is 2.87 bits per heavy atom. The van der Waals surface area contributed by atoms with E-state index < -0.39 is 0 Å². The van der Waals surface area contributed by atoms with Crippen molar-refractivity contribution in [2.45, 2.75) is 31.9 Å². The van der Waals surface area contributed by atoms with Crippen molar-refractivity contribution in [2.75, 3.05) is 20.2 Å². The first kappa shape index (κ1) is 15.9. The average molecular weight is 317 g/mol. The van der Waals surface area contributed by atoms with Gasteiger partial charge in [-0.3, -0.25) is 4.90 Å². The lowest BCUT2D eigenvalue weighted by atomic mass is 9.97. The standard InChI is InChI=1S/C16H23N5O2/c1-20-14(11-22)18-19-16(20)13-4-3-7-21(10-13)9-12-5-6-15(23-2)17-8-12/h5-6,8,13,22H,3-4,7,9-11H2,1-2H3/t13-/m0/s1. The number of rotatable bonds is 5. The molecule has 0 aliphatic carbocycles. The fourth-order valence-electron chi connectivity index (χ4n) is 3.16. The highest BCUT2D eigenvalue weighted by Gasteiger charge is 2.25. The van der Waals surface area contributed by atoms with E-state index in [0.29, 0.717) is 17.6 Å². The van der Waals surface area contributed by atoms with Gasteiger partial charge in [0.15, 0.2) is 5.82 Å². The Balaban J connectivity index is 1.66. The molecule has 2 aromatic rings. The first-order valence-electron chi connectivity index (χ1n) is 7.91. The molecule has 0 amide bonds. The third kappa shape index (κ3) is 3.51. The maximum absolute atomic E-state index is 9.27.